The summed E-state index contributed by atoms with van der Waals surface area (Å²) in [5.74, 6) is 0.764. The Kier molecular flexibility index (Phi) is 1.97. The molecule has 4 nitrogen and oxygen atoms in total. The quantitative estimate of drug-likeness (QED) is 0.707. The number of aliphatic hydroxyl groups is 1. The molecule has 0 radical (unpaired) electrons. The van der Waals surface area contributed by atoms with Crippen LogP contribution in [0.15, 0.2) is 18.3 Å². The third-order valence-corrected chi connectivity index (χ3v) is 2.94. The van der Waals surface area contributed by atoms with Gasteiger partial charge in [-0.1, -0.05) is 0 Å². The summed E-state index contributed by atoms with van der Waals surface area (Å²) in [7, 11) is 0. The minimum Gasteiger partial charge on any atom is -0.491 e. The summed E-state index contributed by atoms with van der Waals surface area (Å²) in [5, 5.41) is 10.5. The van der Waals surface area contributed by atoms with E-state index < -0.39 is 6.10 Å². The Morgan fingerprint density at radius 3 is 3.19 bits per heavy atom. The van der Waals surface area contributed by atoms with Crippen LogP contribution in [0.25, 0.3) is 10.9 Å². The molecule has 0 saturated carbocycles. The average molecular weight is 217 g/mol. The minimum absolute atomic E-state index is 0.319. The summed E-state index contributed by atoms with van der Waals surface area (Å²) < 4.78 is 5.43. The van der Waals surface area contributed by atoms with Crippen molar-refractivity contribution in [1.82, 2.24) is 4.98 Å². The van der Waals surface area contributed by atoms with E-state index in [2.05, 4.69) is 4.98 Å². The van der Waals surface area contributed by atoms with E-state index >= 15 is 0 Å². The summed E-state index contributed by atoms with van der Waals surface area (Å²) in [4.78, 5) is 14.0. The van der Waals surface area contributed by atoms with Crippen LogP contribution in [-0.4, -0.2) is 29.1 Å². The largest absolute Gasteiger partial charge is 0.491 e. The van der Waals surface area contributed by atoms with Crippen molar-refractivity contribution >= 4 is 17.2 Å². The van der Waals surface area contributed by atoms with Crippen molar-refractivity contribution in [3.63, 3.8) is 0 Å². The maximum Gasteiger partial charge on any atom is 0.152 e. The number of nitrogens with one attached hydrogen (secondary N) is 1. The number of hydrogen-bond acceptors (Lipinski definition) is 3. The maximum atomic E-state index is 10.9. The zero-order valence-corrected chi connectivity index (χ0v) is 8.56. The number of H-pyrrole nitrogens is 1. The Morgan fingerprint density at radius 1 is 1.50 bits per heavy atom. The molecule has 16 heavy (non-hydrogen) atoms. The molecule has 82 valence electrons. The highest BCUT2D eigenvalue weighted by molar-refractivity contribution is 6.00. The summed E-state index contributed by atoms with van der Waals surface area (Å²) in [6, 6.07) is 3.76. The topological polar surface area (TPSA) is 62.3 Å². The summed E-state index contributed by atoms with van der Waals surface area (Å²) >= 11 is 0. The van der Waals surface area contributed by atoms with Gasteiger partial charge < -0.3 is 14.8 Å². The molecule has 2 heterocycles. The van der Waals surface area contributed by atoms with E-state index in [1.807, 2.05) is 12.1 Å². The third-order valence-electron chi connectivity index (χ3n) is 2.94. The number of carbonyl (C=O) groups is 1. The fourth-order valence-corrected chi connectivity index (χ4v) is 2.22. The van der Waals surface area contributed by atoms with Gasteiger partial charge in [0.15, 0.2) is 6.29 Å². The zero-order valence-electron chi connectivity index (χ0n) is 8.56. The molecule has 1 unspecified atom stereocenters. The predicted molar refractivity (Wildman–Crippen MR) is 58.9 cm³/mol. The van der Waals surface area contributed by atoms with Gasteiger partial charge in [-0.15, -0.1) is 0 Å². The van der Waals surface area contributed by atoms with Gasteiger partial charge in [0.05, 0.1) is 6.10 Å². The van der Waals surface area contributed by atoms with Gasteiger partial charge in [0, 0.05) is 34.6 Å². The molecule has 4 heteroatoms. The average Bonchev–Trinajstić information content (AvgIpc) is 2.72. The van der Waals surface area contributed by atoms with E-state index in [9.17, 15) is 9.90 Å². The monoisotopic (exact) mass is 217 g/mol. The molecule has 1 atom stereocenters. The van der Waals surface area contributed by atoms with Crippen LogP contribution in [0, 0.1) is 0 Å². The lowest BCUT2D eigenvalue weighted by Crippen LogP contribution is -2.25. The van der Waals surface area contributed by atoms with Crippen LogP contribution in [0.3, 0.4) is 0 Å². The SMILES string of the molecule is O=Cc1c[nH]c2ccc3c(c12)CC(O)CO3. The van der Waals surface area contributed by atoms with Crippen LogP contribution >= 0.6 is 0 Å². The van der Waals surface area contributed by atoms with Crippen molar-refractivity contribution in [3.05, 3.63) is 29.5 Å². The van der Waals surface area contributed by atoms with E-state index in [-0.39, 0.29) is 0 Å². The summed E-state index contributed by atoms with van der Waals surface area (Å²) in [6.07, 6.45) is 2.54. The number of ether oxygens (including phenoxy) is 1. The van der Waals surface area contributed by atoms with E-state index in [0.29, 0.717) is 18.6 Å². The second-order valence-electron chi connectivity index (χ2n) is 4.00. The van der Waals surface area contributed by atoms with Gasteiger partial charge >= 0.3 is 0 Å². The molecule has 0 spiro atoms. The molecule has 1 aliphatic heterocycles. The summed E-state index contributed by atoms with van der Waals surface area (Å²) in [5.41, 5.74) is 2.43. The first-order valence-electron chi connectivity index (χ1n) is 5.18. The molecule has 1 aromatic carbocycles. The van der Waals surface area contributed by atoms with Gasteiger partial charge in [0.1, 0.15) is 12.4 Å². The second-order valence-corrected chi connectivity index (χ2v) is 4.00. The van der Waals surface area contributed by atoms with Gasteiger partial charge in [-0.05, 0) is 12.1 Å². The first-order chi connectivity index (χ1) is 7.79. The minimum atomic E-state index is -0.493. The lowest BCUT2D eigenvalue weighted by atomic mass is 9.98. The van der Waals surface area contributed by atoms with Crippen molar-refractivity contribution in [2.24, 2.45) is 0 Å². The highest BCUT2D eigenvalue weighted by atomic mass is 16.5. The smallest absolute Gasteiger partial charge is 0.152 e. The van der Waals surface area contributed by atoms with E-state index in [1.165, 1.54) is 0 Å². The van der Waals surface area contributed by atoms with Crippen molar-refractivity contribution in [2.75, 3.05) is 6.61 Å². The molecular weight excluding hydrogens is 206 g/mol. The number of aldehydes is 1. The molecule has 0 amide bonds. The van der Waals surface area contributed by atoms with Crippen LogP contribution in [0.4, 0.5) is 0 Å². The van der Waals surface area contributed by atoms with Crippen molar-refractivity contribution in [1.29, 1.82) is 0 Å². The van der Waals surface area contributed by atoms with Gasteiger partial charge in [-0.3, -0.25) is 4.79 Å². The van der Waals surface area contributed by atoms with Crippen LogP contribution in [0.1, 0.15) is 15.9 Å². The Morgan fingerprint density at radius 2 is 2.38 bits per heavy atom. The van der Waals surface area contributed by atoms with Crippen molar-refractivity contribution in [3.8, 4) is 5.75 Å². The molecule has 3 rings (SSSR count). The molecule has 1 aromatic heterocycles. The molecular formula is C12H11NO3. The first kappa shape index (κ1) is 9.42. The van der Waals surface area contributed by atoms with Crippen molar-refractivity contribution < 1.29 is 14.6 Å². The fourth-order valence-electron chi connectivity index (χ4n) is 2.22. The van der Waals surface area contributed by atoms with Crippen LogP contribution in [-0.2, 0) is 6.42 Å². The van der Waals surface area contributed by atoms with Crippen LogP contribution in [0.2, 0.25) is 0 Å². The number of aliphatic hydroxyl groups excluding tert-OH is 1. The number of carbonyl (C=O) groups excluding carboxylic acids is 1. The van der Waals surface area contributed by atoms with E-state index in [1.54, 1.807) is 6.20 Å². The van der Waals surface area contributed by atoms with Crippen molar-refractivity contribution in [2.45, 2.75) is 12.5 Å². The van der Waals surface area contributed by atoms with Gasteiger partial charge in [0.2, 0.25) is 0 Å². The van der Waals surface area contributed by atoms with Crippen LogP contribution < -0.4 is 4.74 Å². The number of fused-ring (bicyclic) bond motifs is 3. The third kappa shape index (κ3) is 1.23. The fraction of sp³-hybridized carbons (Fsp3) is 0.250. The zero-order chi connectivity index (χ0) is 11.1. The molecule has 1 aliphatic rings. The number of benzene rings is 1. The molecule has 2 aromatic rings. The normalized spacial score (nSPS) is 19.2. The first-order valence-corrected chi connectivity index (χ1v) is 5.18. The molecule has 0 fully saturated rings. The predicted octanol–water partition coefficient (Wildman–Crippen LogP) is 1.28. The Bertz CT molecular complexity index is 559. The lowest BCUT2D eigenvalue weighted by Gasteiger charge is -2.22. The Balaban J connectivity index is 2.31. The van der Waals surface area contributed by atoms with Gasteiger partial charge in [-0.2, -0.15) is 0 Å². The Labute approximate surface area is 91.8 Å². The number of aromatic amines is 1. The summed E-state index contributed by atoms with van der Waals surface area (Å²) in [6.45, 7) is 0.319. The second kappa shape index (κ2) is 3.35. The number of rotatable bonds is 1. The Hall–Kier alpha value is -1.81. The van der Waals surface area contributed by atoms with Crippen LogP contribution in [0.5, 0.6) is 5.75 Å². The standard InChI is InChI=1S/C12H11NO3/c14-5-7-4-13-10-1-2-11-9(12(7)10)3-8(15)6-16-11/h1-2,4-5,8,13,15H,3,6H2. The van der Waals surface area contributed by atoms with E-state index in [0.717, 1.165) is 28.5 Å². The highest BCUT2D eigenvalue weighted by Gasteiger charge is 2.21. The van der Waals surface area contributed by atoms with E-state index in [4.69, 9.17) is 4.74 Å². The van der Waals surface area contributed by atoms with Gasteiger partial charge in [-0.25, -0.2) is 0 Å². The molecule has 2 N–H and O–H groups in total. The highest BCUT2D eigenvalue weighted by Crippen LogP contribution is 2.33. The molecule has 0 aliphatic carbocycles. The number of hydrogen-bond donors (Lipinski definition) is 2. The van der Waals surface area contributed by atoms with Gasteiger partial charge in [0.25, 0.3) is 0 Å². The lowest BCUT2D eigenvalue weighted by molar-refractivity contribution is 0.0927. The molecule has 0 bridgehead atoms. The number of aromatic nitrogens is 1. The molecule has 0 saturated heterocycles. The maximum absolute atomic E-state index is 10.9.